The van der Waals surface area contributed by atoms with Gasteiger partial charge in [-0.3, -0.25) is 0 Å². The highest BCUT2D eigenvalue weighted by Gasteiger charge is 2.11. The summed E-state index contributed by atoms with van der Waals surface area (Å²) in [7, 11) is -3.42. The average Bonchev–Trinajstić information content (AvgIpc) is 2.47. The van der Waals surface area contributed by atoms with Crippen molar-refractivity contribution in [3.05, 3.63) is 59.9 Å². The Balaban J connectivity index is 2.01. The summed E-state index contributed by atoms with van der Waals surface area (Å²) in [5, 5.41) is 3.15. The van der Waals surface area contributed by atoms with E-state index in [1.54, 1.807) is 43.3 Å². The minimum absolute atomic E-state index is 0.233. The van der Waals surface area contributed by atoms with Crippen LogP contribution in [0.4, 0.5) is 10.1 Å². The van der Waals surface area contributed by atoms with Crippen LogP contribution < -0.4 is 10.0 Å². The molecule has 0 amide bonds. The smallest absolute Gasteiger partial charge is 0.240 e. The fraction of sp³-hybridized carbons (Fsp3) is 0.200. The fourth-order valence-electron chi connectivity index (χ4n) is 1.83. The van der Waals surface area contributed by atoms with Gasteiger partial charge in [0.05, 0.1) is 4.90 Å². The van der Waals surface area contributed by atoms with E-state index in [0.717, 1.165) is 11.3 Å². The molecular formula is C15H17FN2O2S. The number of sulfonamides is 1. The predicted molar refractivity (Wildman–Crippen MR) is 81.0 cm³/mol. The summed E-state index contributed by atoms with van der Waals surface area (Å²) >= 11 is 0. The highest BCUT2D eigenvalue weighted by atomic mass is 32.2. The maximum Gasteiger partial charge on any atom is 0.240 e. The van der Waals surface area contributed by atoms with Crippen molar-refractivity contribution in [1.29, 1.82) is 0 Å². The molecule has 0 spiro atoms. The molecule has 0 bridgehead atoms. The third kappa shape index (κ3) is 4.27. The van der Waals surface area contributed by atoms with Gasteiger partial charge in [0.15, 0.2) is 0 Å². The maximum absolute atomic E-state index is 12.8. The second kappa shape index (κ2) is 6.69. The van der Waals surface area contributed by atoms with Crippen LogP contribution in [0.2, 0.25) is 0 Å². The van der Waals surface area contributed by atoms with Gasteiger partial charge in [-0.05, 0) is 42.0 Å². The summed E-state index contributed by atoms with van der Waals surface area (Å²) in [6, 6.07) is 12.7. The predicted octanol–water partition coefficient (Wildman–Crippen LogP) is 2.74. The van der Waals surface area contributed by atoms with E-state index in [9.17, 15) is 12.8 Å². The van der Waals surface area contributed by atoms with E-state index in [0.29, 0.717) is 13.1 Å². The molecule has 0 aliphatic heterocycles. The first-order valence-electron chi connectivity index (χ1n) is 6.59. The van der Waals surface area contributed by atoms with Gasteiger partial charge in [0.25, 0.3) is 0 Å². The number of hydrogen-bond donors (Lipinski definition) is 2. The highest BCUT2D eigenvalue weighted by molar-refractivity contribution is 7.89. The van der Waals surface area contributed by atoms with E-state index in [2.05, 4.69) is 10.0 Å². The molecule has 0 heterocycles. The van der Waals surface area contributed by atoms with Crippen LogP contribution in [0.25, 0.3) is 0 Å². The van der Waals surface area contributed by atoms with Gasteiger partial charge in [0.1, 0.15) is 5.82 Å². The van der Waals surface area contributed by atoms with Gasteiger partial charge < -0.3 is 5.32 Å². The van der Waals surface area contributed by atoms with E-state index < -0.39 is 10.0 Å². The van der Waals surface area contributed by atoms with Crippen LogP contribution in [0.1, 0.15) is 12.5 Å². The largest absolute Gasteiger partial charge is 0.381 e. The second-order valence-corrected chi connectivity index (χ2v) is 6.27. The Bertz CT molecular complexity index is 683. The van der Waals surface area contributed by atoms with Gasteiger partial charge in [-0.15, -0.1) is 0 Å². The molecule has 6 heteroatoms. The Morgan fingerprint density at radius 1 is 1.00 bits per heavy atom. The Morgan fingerprint density at radius 3 is 2.19 bits per heavy atom. The lowest BCUT2D eigenvalue weighted by Crippen LogP contribution is -2.23. The maximum atomic E-state index is 12.8. The van der Waals surface area contributed by atoms with Crippen molar-refractivity contribution >= 4 is 15.7 Å². The minimum atomic E-state index is -3.42. The molecule has 0 radical (unpaired) electrons. The van der Waals surface area contributed by atoms with Gasteiger partial charge in [-0.25, -0.2) is 17.5 Å². The molecule has 2 aromatic carbocycles. The van der Waals surface area contributed by atoms with Crippen LogP contribution in [0.5, 0.6) is 0 Å². The summed E-state index contributed by atoms with van der Waals surface area (Å²) in [6.45, 7) is 2.63. The van der Waals surface area contributed by atoms with Crippen molar-refractivity contribution in [2.24, 2.45) is 0 Å². The Hall–Kier alpha value is -1.92. The third-order valence-electron chi connectivity index (χ3n) is 2.91. The quantitative estimate of drug-likeness (QED) is 0.862. The third-order valence-corrected chi connectivity index (χ3v) is 4.47. The zero-order valence-electron chi connectivity index (χ0n) is 11.6. The van der Waals surface area contributed by atoms with Crippen LogP contribution in [0.3, 0.4) is 0 Å². The van der Waals surface area contributed by atoms with E-state index in [-0.39, 0.29) is 10.7 Å². The lowest BCUT2D eigenvalue weighted by Gasteiger charge is -2.08. The summed E-state index contributed by atoms with van der Waals surface area (Å²) < 4.78 is 38.8. The molecule has 4 nitrogen and oxygen atoms in total. The Labute approximate surface area is 124 Å². The van der Waals surface area contributed by atoms with Crippen molar-refractivity contribution in [1.82, 2.24) is 4.72 Å². The summed E-state index contributed by atoms with van der Waals surface area (Å²) in [4.78, 5) is 0.233. The van der Waals surface area contributed by atoms with E-state index in [4.69, 9.17) is 0 Å². The van der Waals surface area contributed by atoms with Crippen molar-refractivity contribution in [3.8, 4) is 0 Å². The first kappa shape index (κ1) is 15.5. The first-order valence-corrected chi connectivity index (χ1v) is 8.07. The number of hydrogen-bond acceptors (Lipinski definition) is 3. The molecule has 2 aromatic rings. The standard InChI is InChI=1S/C15H17FN2O2S/c1-2-18-21(19,20)15-9-7-14(8-10-15)17-11-12-3-5-13(16)6-4-12/h3-10,17-18H,2,11H2,1H3. The molecule has 0 aliphatic carbocycles. The number of nitrogens with one attached hydrogen (secondary N) is 2. The van der Waals surface area contributed by atoms with Crippen LogP contribution in [-0.4, -0.2) is 15.0 Å². The molecule has 0 unspecified atom stereocenters. The number of rotatable bonds is 6. The SMILES string of the molecule is CCNS(=O)(=O)c1ccc(NCc2ccc(F)cc2)cc1. The monoisotopic (exact) mass is 308 g/mol. The molecule has 21 heavy (non-hydrogen) atoms. The van der Waals surface area contributed by atoms with Crippen LogP contribution in [0.15, 0.2) is 53.4 Å². The normalized spacial score (nSPS) is 11.3. The fourth-order valence-corrected chi connectivity index (χ4v) is 2.87. The Kier molecular flexibility index (Phi) is 4.93. The highest BCUT2D eigenvalue weighted by Crippen LogP contribution is 2.15. The molecule has 0 fully saturated rings. The van der Waals surface area contributed by atoms with Gasteiger partial charge in [-0.1, -0.05) is 19.1 Å². The van der Waals surface area contributed by atoms with Crippen molar-refractivity contribution in [2.75, 3.05) is 11.9 Å². The molecule has 0 saturated carbocycles. The minimum Gasteiger partial charge on any atom is -0.381 e. The molecule has 2 rings (SSSR count). The molecule has 0 aromatic heterocycles. The first-order chi connectivity index (χ1) is 10.0. The lowest BCUT2D eigenvalue weighted by molar-refractivity contribution is 0.584. The van der Waals surface area contributed by atoms with Gasteiger partial charge >= 0.3 is 0 Å². The molecule has 0 atom stereocenters. The second-order valence-electron chi connectivity index (χ2n) is 4.51. The topological polar surface area (TPSA) is 58.2 Å². The van der Waals surface area contributed by atoms with E-state index in [1.807, 2.05) is 0 Å². The molecule has 2 N–H and O–H groups in total. The van der Waals surface area contributed by atoms with Crippen LogP contribution >= 0.6 is 0 Å². The number of benzene rings is 2. The summed E-state index contributed by atoms with van der Waals surface area (Å²) in [5.41, 5.74) is 1.75. The zero-order chi connectivity index (χ0) is 15.3. The van der Waals surface area contributed by atoms with Crippen LogP contribution in [-0.2, 0) is 16.6 Å². The van der Waals surface area contributed by atoms with E-state index in [1.165, 1.54) is 12.1 Å². The van der Waals surface area contributed by atoms with Crippen molar-refractivity contribution < 1.29 is 12.8 Å². The lowest BCUT2D eigenvalue weighted by atomic mass is 10.2. The van der Waals surface area contributed by atoms with Crippen LogP contribution in [0, 0.1) is 5.82 Å². The molecular weight excluding hydrogens is 291 g/mol. The number of anilines is 1. The van der Waals surface area contributed by atoms with E-state index >= 15 is 0 Å². The number of halogens is 1. The molecule has 0 aliphatic rings. The van der Waals surface area contributed by atoms with Gasteiger partial charge in [0, 0.05) is 18.8 Å². The van der Waals surface area contributed by atoms with Crippen molar-refractivity contribution in [3.63, 3.8) is 0 Å². The zero-order valence-corrected chi connectivity index (χ0v) is 12.5. The van der Waals surface area contributed by atoms with Gasteiger partial charge in [-0.2, -0.15) is 0 Å². The molecule has 0 saturated heterocycles. The molecule has 112 valence electrons. The average molecular weight is 308 g/mol. The van der Waals surface area contributed by atoms with Gasteiger partial charge in [0.2, 0.25) is 10.0 Å². The summed E-state index contributed by atoms with van der Waals surface area (Å²) in [5.74, 6) is -0.267. The Morgan fingerprint density at radius 2 is 1.62 bits per heavy atom. The van der Waals surface area contributed by atoms with Crippen molar-refractivity contribution in [2.45, 2.75) is 18.4 Å². The summed E-state index contributed by atoms with van der Waals surface area (Å²) in [6.07, 6.45) is 0.